The molecule has 1 aliphatic carbocycles. The Balaban J connectivity index is 1.91. The Labute approximate surface area is 85.0 Å². The molecule has 14 heavy (non-hydrogen) atoms. The fourth-order valence-corrected chi connectivity index (χ4v) is 2.30. The van der Waals surface area contributed by atoms with Crippen molar-refractivity contribution in [3.05, 3.63) is 30.1 Å². The van der Waals surface area contributed by atoms with E-state index in [1.807, 2.05) is 12.3 Å². The molecule has 0 aliphatic heterocycles. The average Bonchev–Trinajstić information content (AvgIpc) is 2.19. The summed E-state index contributed by atoms with van der Waals surface area (Å²) in [5.74, 6) is 0.656. The fourth-order valence-electron chi connectivity index (χ4n) is 2.30. The van der Waals surface area contributed by atoms with Crippen LogP contribution in [0.1, 0.15) is 31.2 Å². The summed E-state index contributed by atoms with van der Waals surface area (Å²) in [6.07, 6.45) is 9.13. The van der Waals surface area contributed by atoms with Gasteiger partial charge in [0.15, 0.2) is 0 Å². The van der Waals surface area contributed by atoms with Gasteiger partial charge < -0.3 is 5.11 Å². The Bertz CT molecular complexity index is 273. The zero-order valence-corrected chi connectivity index (χ0v) is 8.39. The van der Waals surface area contributed by atoms with Crippen LogP contribution in [0.5, 0.6) is 0 Å². The normalized spacial score (nSPS) is 27.5. The molecule has 2 nitrogen and oxygen atoms in total. The molecule has 0 aromatic carbocycles. The van der Waals surface area contributed by atoms with Crippen LogP contribution < -0.4 is 0 Å². The molecule has 2 rings (SSSR count). The summed E-state index contributed by atoms with van der Waals surface area (Å²) in [6.45, 7) is 0. The van der Waals surface area contributed by atoms with Gasteiger partial charge in [-0.15, -0.1) is 0 Å². The molecule has 0 spiro atoms. The number of aliphatic hydroxyl groups excluding tert-OH is 1. The Kier molecular flexibility index (Phi) is 3.14. The first-order valence-corrected chi connectivity index (χ1v) is 5.41. The van der Waals surface area contributed by atoms with Crippen molar-refractivity contribution in [2.24, 2.45) is 5.92 Å². The highest BCUT2D eigenvalue weighted by atomic mass is 16.3. The lowest BCUT2D eigenvalue weighted by molar-refractivity contribution is 0.101. The molecule has 1 fully saturated rings. The van der Waals surface area contributed by atoms with Crippen molar-refractivity contribution in [3.8, 4) is 0 Å². The predicted molar refractivity (Wildman–Crippen MR) is 55.9 cm³/mol. The van der Waals surface area contributed by atoms with E-state index in [1.165, 1.54) is 18.4 Å². The molecular weight excluding hydrogens is 174 g/mol. The number of hydrogen-bond acceptors (Lipinski definition) is 2. The first-order chi connectivity index (χ1) is 6.84. The Morgan fingerprint density at radius 2 is 2.36 bits per heavy atom. The van der Waals surface area contributed by atoms with Gasteiger partial charge in [0, 0.05) is 12.4 Å². The summed E-state index contributed by atoms with van der Waals surface area (Å²) in [6, 6.07) is 4.10. The van der Waals surface area contributed by atoms with Crippen LogP contribution in [0.3, 0.4) is 0 Å². The maximum Gasteiger partial charge on any atom is 0.0543 e. The minimum Gasteiger partial charge on any atom is -0.393 e. The zero-order chi connectivity index (χ0) is 9.80. The van der Waals surface area contributed by atoms with Gasteiger partial charge in [-0.25, -0.2) is 0 Å². The summed E-state index contributed by atoms with van der Waals surface area (Å²) in [4.78, 5) is 4.11. The van der Waals surface area contributed by atoms with Crippen LogP contribution >= 0.6 is 0 Å². The van der Waals surface area contributed by atoms with E-state index in [0.717, 1.165) is 19.3 Å². The lowest BCUT2D eigenvalue weighted by Crippen LogP contribution is -2.20. The predicted octanol–water partition coefficient (Wildman–Crippen LogP) is 2.18. The molecule has 1 aliphatic rings. The van der Waals surface area contributed by atoms with Gasteiger partial charge in [-0.3, -0.25) is 4.98 Å². The van der Waals surface area contributed by atoms with Crippen LogP contribution in [0, 0.1) is 5.92 Å². The summed E-state index contributed by atoms with van der Waals surface area (Å²) >= 11 is 0. The molecule has 2 heteroatoms. The van der Waals surface area contributed by atoms with E-state index in [-0.39, 0.29) is 6.10 Å². The number of nitrogens with zero attached hydrogens (tertiary/aromatic N) is 1. The maximum absolute atomic E-state index is 9.54. The van der Waals surface area contributed by atoms with Crippen molar-refractivity contribution in [2.45, 2.75) is 38.2 Å². The molecule has 0 amide bonds. The standard InChI is InChI=1S/C12H17NO/c14-12-5-1-3-10(8-12)7-11-4-2-6-13-9-11/h2,4,6,9-10,12,14H,1,3,5,7-8H2. The van der Waals surface area contributed by atoms with Crippen molar-refractivity contribution >= 4 is 0 Å². The molecule has 0 radical (unpaired) electrons. The van der Waals surface area contributed by atoms with Gasteiger partial charge in [0.05, 0.1) is 6.10 Å². The van der Waals surface area contributed by atoms with E-state index in [0.29, 0.717) is 5.92 Å². The molecule has 1 saturated carbocycles. The highest BCUT2D eigenvalue weighted by Crippen LogP contribution is 2.26. The number of aromatic nitrogens is 1. The molecule has 0 bridgehead atoms. The van der Waals surface area contributed by atoms with Gasteiger partial charge >= 0.3 is 0 Å². The highest BCUT2D eigenvalue weighted by molar-refractivity contribution is 5.09. The number of pyridine rings is 1. The second-order valence-corrected chi connectivity index (χ2v) is 4.25. The van der Waals surface area contributed by atoms with E-state index < -0.39 is 0 Å². The Morgan fingerprint density at radius 3 is 3.07 bits per heavy atom. The summed E-state index contributed by atoms with van der Waals surface area (Å²) in [5.41, 5.74) is 1.30. The van der Waals surface area contributed by atoms with E-state index >= 15 is 0 Å². The molecule has 1 aromatic heterocycles. The molecular formula is C12H17NO. The van der Waals surface area contributed by atoms with Crippen LogP contribution in [0.25, 0.3) is 0 Å². The first-order valence-electron chi connectivity index (χ1n) is 5.41. The van der Waals surface area contributed by atoms with Crippen molar-refractivity contribution in [2.75, 3.05) is 0 Å². The van der Waals surface area contributed by atoms with E-state index in [4.69, 9.17) is 0 Å². The van der Waals surface area contributed by atoms with E-state index in [2.05, 4.69) is 11.1 Å². The van der Waals surface area contributed by atoms with Gasteiger partial charge in [0.25, 0.3) is 0 Å². The third-order valence-corrected chi connectivity index (χ3v) is 3.00. The van der Waals surface area contributed by atoms with Crippen molar-refractivity contribution in [1.29, 1.82) is 0 Å². The lowest BCUT2D eigenvalue weighted by Gasteiger charge is -2.25. The van der Waals surface area contributed by atoms with Gasteiger partial charge in [0.2, 0.25) is 0 Å². The molecule has 1 aromatic rings. The lowest BCUT2D eigenvalue weighted by atomic mass is 9.83. The Morgan fingerprint density at radius 1 is 1.43 bits per heavy atom. The first kappa shape index (κ1) is 9.66. The second-order valence-electron chi connectivity index (χ2n) is 4.25. The van der Waals surface area contributed by atoms with Gasteiger partial charge in [-0.05, 0) is 43.2 Å². The molecule has 2 unspecified atom stereocenters. The van der Waals surface area contributed by atoms with Gasteiger partial charge in [0.1, 0.15) is 0 Å². The van der Waals surface area contributed by atoms with Crippen LogP contribution in [-0.2, 0) is 6.42 Å². The fraction of sp³-hybridized carbons (Fsp3) is 0.583. The summed E-state index contributed by atoms with van der Waals surface area (Å²) < 4.78 is 0. The van der Waals surface area contributed by atoms with E-state index in [9.17, 15) is 5.11 Å². The molecule has 76 valence electrons. The minimum atomic E-state index is -0.0644. The smallest absolute Gasteiger partial charge is 0.0543 e. The van der Waals surface area contributed by atoms with Crippen molar-refractivity contribution < 1.29 is 5.11 Å². The molecule has 0 saturated heterocycles. The quantitative estimate of drug-likeness (QED) is 0.777. The average molecular weight is 191 g/mol. The highest BCUT2D eigenvalue weighted by Gasteiger charge is 2.20. The number of aliphatic hydroxyl groups is 1. The number of rotatable bonds is 2. The third-order valence-electron chi connectivity index (χ3n) is 3.00. The van der Waals surface area contributed by atoms with Crippen LogP contribution in [0.15, 0.2) is 24.5 Å². The van der Waals surface area contributed by atoms with Gasteiger partial charge in [-0.1, -0.05) is 12.5 Å². The molecule has 1 N–H and O–H groups in total. The van der Waals surface area contributed by atoms with Crippen LogP contribution in [-0.4, -0.2) is 16.2 Å². The Hall–Kier alpha value is -0.890. The topological polar surface area (TPSA) is 33.1 Å². The summed E-state index contributed by atoms with van der Waals surface area (Å²) in [5, 5.41) is 9.54. The second kappa shape index (κ2) is 4.56. The van der Waals surface area contributed by atoms with Gasteiger partial charge in [-0.2, -0.15) is 0 Å². The van der Waals surface area contributed by atoms with Crippen molar-refractivity contribution in [3.63, 3.8) is 0 Å². The maximum atomic E-state index is 9.54. The minimum absolute atomic E-state index is 0.0644. The van der Waals surface area contributed by atoms with E-state index in [1.54, 1.807) is 6.20 Å². The number of hydrogen-bond donors (Lipinski definition) is 1. The zero-order valence-electron chi connectivity index (χ0n) is 8.39. The van der Waals surface area contributed by atoms with Crippen molar-refractivity contribution in [1.82, 2.24) is 4.98 Å². The molecule has 2 atom stereocenters. The molecule has 1 heterocycles. The van der Waals surface area contributed by atoms with Crippen LogP contribution in [0.2, 0.25) is 0 Å². The monoisotopic (exact) mass is 191 g/mol. The van der Waals surface area contributed by atoms with Crippen LogP contribution in [0.4, 0.5) is 0 Å². The third kappa shape index (κ3) is 2.55. The SMILES string of the molecule is OC1CCCC(Cc2cccnc2)C1. The largest absolute Gasteiger partial charge is 0.393 e. The summed E-state index contributed by atoms with van der Waals surface area (Å²) in [7, 11) is 0.